The summed E-state index contributed by atoms with van der Waals surface area (Å²) < 4.78 is 5.32. The highest BCUT2D eigenvalue weighted by Crippen LogP contribution is 2.26. The number of aryl methyl sites for hydroxylation is 1. The minimum absolute atomic E-state index is 0.364. The number of halogens is 1. The smallest absolute Gasteiger partial charge is 0.281 e. The summed E-state index contributed by atoms with van der Waals surface area (Å²) in [5.74, 6) is -0.837. The third-order valence-electron chi connectivity index (χ3n) is 3.65. The number of carbonyl (C=O) groups excluding carboxylic acids is 2. The molecule has 0 radical (unpaired) electrons. The van der Waals surface area contributed by atoms with Gasteiger partial charge < -0.3 is 9.64 Å². The molecule has 1 aromatic carbocycles. The number of rotatable bonds is 3. The molecule has 0 bridgehead atoms. The Morgan fingerprint density at radius 1 is 1.24 bits per heavy atom. The van der Waals surface area contributed by atoms with Gasteiger partial charge in [0.05, 0.1) is 18.9 Å². The first-order valence-electron chi connectivity index (χ1n) is 7.71. The fraction of sp³-hybridized carbons (Fsp3) is 0.312. The number of carbonyl (C=O) groups is 2. The maximum Gasteiger partial charge on any atom is 0.281 e. The van der Waals surface area contributed by atoms with Crippen molar-refractivity contribution in [1.29, 1.82) is 0 Å². The Bertz CT molecular complexity index is 789. The molecule has 132 valence electrons. The zero-order valence-electron chi connectivity index (χ0n) is 13.5. The largest absolute Gasteiger partial charge is 0.378 e. The molecule has 2 N–H and O–H groups in total. The van der Waals surface area contributed by atoms with E-state index in [0.29, 0.717) is 34.4 Å². The summed E-state index contributed by atoms with van der Waals surface area (Å²) in [5, 5.41) is 1.24. The predicted octanol–water partition coefficient (Wildman–Crippen LogP) is 2.02. The number of nitrogens with zero attached hydrogens (tertiary/aromatic N) is 2. The molecule has 1 aliphatic heterocycles. The summed E-state index contributed by atoms with van der Waals surface area (Å²) in [4.78, 5) is 31.4. The third kappa shape index (κ3) is 4.28. The Morgan fingerprint density at radius 3 is 2.68 bits per heavy atom. The number of hydrogen-bond donors (Lipinski definition) is 2. The zero-order chi connectivity index (χ0) is 17.8. The zero-order valence-corrected chi connectivity index (χ0v) is 15.1. The molecule has 1 fully saturated rings. The molecule has 2 aromatic rings. The highest BCUT2D eigenvalue weighted by Gasteiger charge is 2.20. The summed E-state index contributed by atoms with van der Waals surface area (Å²) in [6.07, 6.45) is 0. The molecule has 0 atom stereocenters. The second kappa shape index (κ2) is 7.81. The van der Waals surface area contributed by atoms with Gasteiger partial charge >= 0.3 is 0 Å². The van der Waals surface area contributed by atoms with Gasteiger partial charge in [0.15, 0.2) is 5.13 Å². The Kier molecular flexibility index (Phi) is 5.52. The highest BCUT2D eigenvalue weighted by atomic mass is 35.5. The van der Waals surface area contributed by atoms with E-state index in [4.69, 9.17) is 16.3 Å². The van der Waals surface area contributed by atoms with Crippen LogP contribution in [0.15, 0.2) is 24.3 Å². The number of thiazole rings is 1. The van der Waals surface area contributed by atoms with Crippen LogP contribution in [0.3, 0.4) is 0 Å². The number of hydrogen-bond acceptors (Lipinski definition) is 6. The van der Waals surface area contributed by atoms with Crippen molar-refractivity contribution in [3.8, 4) is 0 Å². The predicted molar refractivity (Wildman–Crippen MR) is 96.3 cm³/mol. The first-order valence-corrected chi connectivity index (χ1v) is 8.90. The fourth-order valence-electron chi connectivity index (χ4n) is 2.35. The van der Waals surface area contributed by atoms with Crippen molar-refractivity contribution in [2.75, 3.05) is 31.2 Å². The molecule has 2 amide bonds. The van der Waals surface area contributed by atoms with Crippen LogP contribution in [-0.2, 0) is 4.74 Å². The van der Waals surface area contributed by atoms with E-state index in [1.54, 1.807) is 25.1 Å². The molecule has 3 rings (SSSR count). The van der Waals surface area contributed by atoms with Gasteiger partial charge in [0.2, 0.25) is 0 Å². The monoisotopic (exact) mass is 380 g/mol. The first kappa shape index (κ1) is 17.7. The van der Waals surface area contributed by atoms with Crippen LogP contribution >= 0.6 is 22.9 Å². The number of aromatic nitrogens is 1. The average Bonchev–Trinajstić information content (AvgIpc) is 3.02. The van der Waals surface area contributed by atoms with Gasteiger partial charge in [-0.25, -0.2) is 4.98 Å². The van der Waals surface area contributed by atoms with Gasteiger partial charge in [-0.05, 0) is 25.1 Å². The van der Waals surface area contributed by atoms with Gasteiger partial charge in [-0.1, -0.05) is 29.0 Å². The summed E-state index contributed by atoms with van der Waals surface area (Å²) in [6.45, 7) is 4.57. The molecule has 25 heavy (non-hydrogen) atoms. The van der Waals surface area contributed by atoms with Crippen LogP contribution < -0.4 is 15.8 Å². The molecule has 0 spiro atoms. The number of nitrogens with one attached hydrogen (secondary N) is 2. The maximum absolute atomic E-state index is 12.3. The summed E-state index contributed by atoms with van der Waals surface area (Å²) in [7, 11) is 0. The number of benzene rings is 1. The Balaban J connectivity index is 1.63. The normalized spacial score (nSPS) is 14.2. The summed E-state index contributed by atoms with van der Waals surface area (Å²) >= 11 is 7.16. The van der Waals surface area contributed by atoms with Crippen LogP contribution in [0.5, 0.6) is 0 Å². The van der Waals surface area contributed by atoms with E-state index in [1.807, 2.05) is 0 Å². The van der Waals surface area contributed by atoms with Crippen molar-refractivity contribution in [3.05, 3.63) is 45.4 Å². The van der Waals surface area contributed by atoms with Gasteiger partial charge in [-0.2, -0.15) is 0 Å². The second-order valence-electron chi connectivity index (χ2n) is 5.43. The van der Waals surface area contributed by atoms with E-state index in [-0.39, 0.29) is 0 Å². The van der Waals surface area contributed by atoms with Crippen molar-refractivity contribution in [2.45, 2.75) is 6.92 Å². The quantitative estimate of drug-likeness (QED) is 0.796. The van der Waals surface area contributed by atoms with Gasteiger partial charge in [-0.3, -0.25) is 20.4 Å². The van der Waals surface area contributed by atoms with Crippen molar-refractivity contribution < 1.29 is 14.3 Å². The number of ether oxygens (including phenoxy) is 1. The minimum Gasteiger partial charge on any atom is -0.378 e. The molecular formula is C16H17ClN4O3S. The molecule has 0 saturated carbocycles. The number of morpholine rings is 1. The van der Waals surface area contributed by atoms with Gasteiger partial charge in [0, 0.05) is 23.7 Å². The lowest BCUT2D eigenvalue weighted by atomic mass is 10.2. The Labute approximate surface area is 153 Å². The van der Waals surface area contributed by atoms with Crippen LogP contribution in [-0.4, -0.2) is 43.1 Å². The Hall–Kier alpha value is -2.16. The van der Waals surface area contributed by atoms with Crippen LogP contribution in [0.1, 0.15) is 25.7 Å². The molecule has 7 nitrogen and oxygen atoms in total. The maximum atomic E-state index is 12.3. The fourth-order valence-corrected chi connectivity index (χ4v) is 3.56. The van der Waals surface area contributed by atoms with Crippen LogP contribution in [0.4, 0.5) is 5.13 Å². The molecule has 9 heteroatoms. The van der Waals surface area contributed by atoms with Crippen LogP contribution in [0.2, 0.25) is 5.02 Å². The van der Waals surface area contributed by atoms with E-state index < -0.39 is 11.8 Å². The first-order chi connectivity index (χ1) is 12.0. The number of anilines is 1. The van der Waals surface area contributed by atoms with Gasteiger partial charge in [0.25, 0.3) is 11.8 Å². The van der Waals surface area contributed by atoms with Gasteiger partial charge in [0.1, 0.15) is 4.88 Å². The topological polar surface area (TPSA) is 83.6 Å². The van der Waals surface area contributed by atoms with E-state index in [9.17, 15) is 9.59 Å². The van der Waals surface area contributed by atoms with Crippen molar-refractivity contribution in [3.63, 3.8) is 0 Å². The number of hydrazine groups is 1. The molecule has 0 aliphatic carbocycles. The third-order valence-corrected chi connectivity index (χ3v) is 5.10. The molecular weight excluding hydrogens is 364 g/mol. The van der Waals surface area contributed by atoms with Crippen molar-refractivity contribution in [2.24, 2.45) is 0 Å². The number of amides is 2. The standard InChI is InChI=1S/C16H17ClN4O3S/c1-10-13(25-16(18-10)21-5-7-24-8-6-21)15(23)20-19-14(22)11-3-2-4-12(17)9-11/h2-4,9H,5-8H2,1H3,(H,19,22)(H,20,23). The van der Waals surface area contributed by atoms with Crippen molar-refractivity contribution in [1.82, 2.24) is 15.8 Å². The summed E-state index contributed by atoms with van der Waals surface area (Å²) in [5.41, 5.74) is 5.80. The molecule has 2 heterocycles. The molecule has 1 aromatic heterocycles. The van der Waals surface area contributed by atoms with Crippen LogP contribution in [0, 0.1) is 6.92 Å². The van der Waals surface area contributed by atoms with E-state index in [2.05, 4.69) is 20.7 Å². The van der Waals surface area contributed by atoms with Crippen LogP contribution in [0.25, 0.3) is 0 Å². The summed E-state index contributed by atoms with van der Waals surface area (Å²) in [6, 6.07) is 6.48. The minimum atomic E-state index is -0.438. The molecule has 1 saturated heterocycles. The molecule has 1 aliphatic rings. The Morgan fingerprint density at radius 2 is 1.96 bits per heavy atom. The lowest BCUT2D eigenvalue weighted by Gasteiger charge is -2.25. The lowest BCUT2D eigenvalue weighted by Crippen LogP contribution is -2.41. The highest BCUT2D eigenvalue weighted by molar-refractivity contribution is 7.17. The van der Waals surface area contributed by atoms with E-state index in [0.717, 1.165) is 18.2 Å². The average molecular weight is 381 g/mol. The van der Waals surface area contributed by atoms with E-state index >= 15 is 0 Å². The molecule has 0 unspecified atom stereocenters. The van der Waals surface area contributed by atoms with E-state index in [1.165, 1.54) is 17.4 Å². The second-order valence-corrected chi connectivity index (χ2v) is 6.84. The SMILES string of the molecule is Cc1nc(N2CCOCC2)sc1C(=O)NNC(=O)c1cccc(Cl)c1. The lowest BCUT2D eigenvalue weighted by molar-refractivity contribution is 0.0848. The van der Waals surface area contributed by atoms with Crippen molar-refractivity contribution >= 4 is 39.9 Å². The van der Waals surface area contributed by atoms with Gasteiger partial charge in [-0.15, -0.1) is 0 Å².